The van der Waals surface area contributed by atoms with Crippen molar-refractivity contribution in [2.75, 3.05) is 6.54 Å². The van der Waals surface area contributed by atoms with Crippen LogP contribution in [0, 0.1) is 0 Å². The van der Waals surface area contributed by atoms with Gasteiger partial charge in [0, 0.05) is 4.88 Å². The molecule has 3 aromatic rings. The van der Waals surface area contributed by atoms with Crippen LogP contribution in [0.15, 0.2) is 70.7 Å². The number of hydrogen-bond acceptors (Lipinski definition) is 5. The van der Waals surface area contributed by atoms with Gasteiger partial charge in [-0.15, -0.1) is 11.3 Å². The summed E-state index contributed by atoms with van der Waals surface area (Å²) in [6, 6.07) is 16.9. The summed E-state index contributed by atoms with van der Waals surface area (Å²) >= 11 is 1.62. The van der Waals surface area contributed by atoms with Gasteiger partial charge in [0.2, 0.25) is 0 Å². The maximum absolute atomic E-state index is 12.0. The Morgan fingerprint density at radius 2 is 1.84 bits per heavy atom. The summed E-state index contributed by atoms with van der Waals surface area (Å²) in [5.41, 5.74) is 5.75. The van der Waals surface area contributed by atoms with E-state index in [1.807, 2.05) is 47.8 Å². The second-order valence-electron chi connectivity index (χ2n) is 5.22. The third-order valence-electron chi connectivity index (χ3n) is 3.49. The Labute approximate surface area is 148 Å². The molecular formula is C18H17N3O3S. The quantitative estimate of drug-likeness (QED) is 0.593. The minimum Gasteiger partial charge on any atom is -0.459 e. The second-order valence-corrected chi connectivity index (χ2v) is 6.20. The van der Waals surface area contributed by atoms with Crippen molar-refractivity contribution in [2.24, 2.45) is 0 Å². The molecule has 0 spiro atoms. The lowest BCUT2D eigenvalue weighted by atomic mass is 10.1. The van der Waals surface area contributed by atoms with Crippen molar-refractivity contribution >= 4 is 23.2 Å². The number of nitrogens with one attached hydrogen (secondary N) is 3. The molecule has 3 rings (SSSR count). The molecule has 1 aromatic carbocycles. The normalized spacial score (nSPS) is 11.7. The van der Waals surface area contributed by atoms with E-state index in [0.717, 1.165) is 10.4 Å². The van der Waals surface area contributed by atoms with Gasteiger partial charge in [0.25, 0.3) is 5.91 Å². The number of carbonyl (C=O) groups excluding carboxylic acids is 2. The first kappa shape index (κ1) is 16.9. The Kier molecular flexibility index (Phi) is 5.61. The van der Waals surface area contributed by atoms with Crippen LogP contribution in [-0.4, -0.2) is 18.4 Å². The van der Waals surface area contributed by atoms with Crippen LogP contribution in [0.3, 0.4) is 0 Å². The predicted molar refractivity (Wildman–Crippen MR) is 94.9 cm³/mol. The van der Waals surface area contributed by atoms with Crippen molar-refractivity contribution in [2.45, 2.75) is 6.04 Å². The van der Waals surface area contributed by atoms with Crippen molar-refractivity contribution in [3.05, 3.63) is 82.4 Å². The van der Waals surface area contributed by atoms with Gasteiger partial charge in [0.15, 0.2) is 5.76 Å². The zero-order chi connectivity index (χ0) is 17.5. The molecular weight excluding hydrogens is 338 g/mol. The molecule has 0 radical (unpaired) electrons. The minimum absolute atomic E-state index is 0.0515. The van der Waals surface area contributed by atoms with Gasteiger partial charge in [0.1, 0.15) is 0 Å². The Balaban J connectivity index is 1.56. The van der Waals surface area contributed by atoms with Crippen LogP contribution in [0.2, 0.25) is 0 Å². The number of benzene rings is 1. The smallest absolute Gasteiger partial charge is 0.305 e. The highest BCUT2D eigenvalue weighted by Crippen LogP contribution is 2.25. The highest BCUT2D eigenvalue weighted by atomic mass is 32.1. The summed E-state index contributed by atoms with van der Waals surface area (Å²) < 4.78 is 4.95. The summed E-state index contributed by atoms with van der Waals surface area (Å²) in [5.74, 6) is -0.720. The molecule has 0 fully saturated rings. The first-order valence-corrected chi connectivity index (χ1v) is 8.56. The molecule has 0 bridgehead atoms. The van der Waals surface area contributed by atoms with Crippen molar-refractivity contribution in [3.63, 3.8) is 0 Å². The summed E-state index contributed by atoms with van der Waals surface area (Å²) in [6.07, 6.45) is 1.39. The molecule has 128 valence electrons. The minimum atomic E-state index is -0.504. The number of rotatable bonds is 6. The number of thiophene rings is 1. The van der Waals surface area contributed by atoms with Gasteiger partial charge in [0.05, 0.1) is 18.8 Å². The monoisotopic (exact) mass is 355 g/mol. The van der Waals surface area contributed by atoms with Gasteiger partial charge in [-0.1, -0.05) is 36.4 Å². The lowest BCUT2D eigenvalue weighted by molar-refractivity contribution is -0.121. The van der Waals surface area contributed by atoms with Gasteiger partial charge in [-0.2, -0.15) is 0 Å². The van der Waals surface area contributed by atoms with E-state index < -0.39 is 5.91 Å². The number of amides is 2. The van der Waals surface area contributed by atoms with E-state index >= 15 is 0 Å². The zero-order valence-corrected chi connectivity index (χ0v) is 14.1. The highest BCUT2D eigenvalue weighted by molar-refractivity contribution is 7.10. The fraction of sp³-hybridized carbons (Fsp3) is 0.111. The summed E-state index contributed by atoms with van der Waals surface area (Å²) in [4.78, 5) is 24.8. The van der Waals surface area contributed by atoms with Crippen molar-refractivity contribution in [3.8, 4) is 0 Å². The fourth-order valence-electron chi connectivity index (χ4n) is 2.32. The van der Waals surface area contributed by atoms with E-state index in [-0.39, 0.29) is 24.3 Å². The van der Waals surface area contributed by atoms with E-state index in [4.69, 9.17) is 4.42 Å². The molecule has 2 aromatic heterocycles. The van der Waals surface area contributed by atoms with E-state index in [1.54, 1.807) is 17.4 Å². The van der Waals surface area contributed by atoms with Gasteiger partial charge >= 0.3 is 5.91 Å². The largest absolute Gasteiger partial charge is 0.459 e. The van der Waals surface area contributed by atoms with Crippen molar-refractivity contribution < 1.29 is 14.0 Å². The lowest BCUT2D eigenvalue weighted by Crippen LogP contribution is -2.45. The van der Waals surface area contributed by atoms with Crippen LogP contribution in [-0.2, 0) is 4.79 Å². The second kappa shape index (κ2) is 8.27. The average molecular weight is 355 g/mol. The Morgan fingerprint density at radius 1 is 1.00 bits per heavy atom. The molecule has 3 N–H and O–H groups in total. The molecule has 0 saturated carbocycles. The maximum atomic E-state index is 12.0. The number of carbonyl (C=O) groups is 2. The van der Waals surface area contributed by atoms with Crippen LogP contribution in [0.5, 0.6) is 0 Å². The number of hydrogen-bond donors (Lipinski definition) is 3. The van der Waals surface area contributed by atoms with Gasteiger partial charge in [-0.3, -0.25) is 25.8 Å². The van der Waals surface area contributed by atoms with E-state index in [0.29, 0.717) is 0 Å². The number of furan rings is 1. The predicted octanol–water partition coefficient (Wildman–Crippen LogP) is 2.48. The third-order valence-corrected chi connectivity index (χ3v) is 4.42. The average Bonchev–Trinajstić information content (AvgIpc) is 3.34. The molecule has 0 aliphatic rings. The maximum Gasteiger partial charge on any atom is 0.305 e. The summed E-state index contributed by atoms with van der Waals surface area (Å²) in [6.45, 7) is 0.0515. The van der Waals surface area contributed by atoms with Crippen LogP contribution in [0.1, 0.15) is 27.0 Å². The Bertz CT molecular complexity index is 801. The first-order chi connectivity index (χ1) is 12.2. The molecule has 2 heterocycles. The molecule has 0 saturated heterocycles. The Morgan fingerprint density at radius 3 is 2.52 bits per heavy atom. The van der Waals surface area contributed by atoms with E-state index in [2.05, 4.69) is 16.2 Å². The van der Waals surface area contributed by atoms with Gasteiger partial charge < -0.3 is 4.42 Å². The van der Waals surface area contributed by atoms with Gasteiger partial charge in [-0.25, -0.2) is 0 Å². The molecule has 7 heteroatoms. The molecule has 1 atom stereocenters. The molecule has 0 aliphatic carbocycles. The number of hydrazine groups is 1. The molecule has 0 aliphatic heterocycles. The molecule has 2 amide bonds. The standard InChI is InChI=1S/C18H17N3O3S/c22-16(20-21-18(23)14-8-4-10-24-14)12-19-17(15-9-5-11-25-15)13-6-2-1-3-7-13/h1-11,17,19H,12H2,(H,20,22)(H,21,23)/t17-/m0/s1. The van der Waals surface area contributed by atoms with Crippen LogP contribution in [0.25, 0.3) is 0 Å². The van der Waals surface area contributed by atoms with Crippen molar-refractivity contribution in [1.29, 1.82) is 0 Å². The van der Waals surface area contributed by atoms with E-state index in [9.17, 15) is 9.59 Å². The molecule has 25 heavy (non-hydrogen) atoms. The van der Waals surface area contributed by atoms with Crippen molar-refractivity contribution in [1.82, 2.24) is 16.2 Å². The van der Waals surface area contributed by atoms with Gasteiger partial charge in [-0.05, 0) is 29.1 Å². The van der Waals surface area contributed by atoms with E-state index in [1.165, 1.54) is 12.3 Å². The highest BCUT2D eigenvalue weighted by Gasteiger charge is 2.16. The SMILES string of the molecule is O=C(CN[C@@H](c1ccccc1)c1cccs1)NNC(=O)c1ccco1. The fourth-order valence-corrected chi connectivity index (χ4v) is 3.15. The molecule has 0 unspecified atom stereocenters. The summed E-state index contributed by atoms with van der Waals surface area (Å²) in [7, 11) is 0. The molecule has 6 nitrogen and oxygen atoms in total. The van der Waals surface area contributed by atoms with Crippen LogP contribution in [0.4, 0.5) is 0 Å². The topological polar surface area (TPSA) is 83.4 Å². The third kappa shape index (κ3) is 4.56. The lowest BCUT2D eigenvalue weighted by Gasteiger charge is -2.18. The summed E-state index contributed by atoms with van der Waals surface area (Å²) in [5, 5.41) is 5.22. The Hall–Kier alpha value is -2.90. The zero-order valence-electron chi connectivity index (χ0n) is 13.3. The van der Waals surface area contributed by atoms with Crippen LogP contribution < -0.4 is 16.2 Å². The first-order valence-electron chi connectivity index (χ1n) is 7.68. The van der Waals surface area contributed by atoms with Crippen LogP contribution >= 0.6 is 11.3 Å².